The molecule has 6 nitrogen and oxygen atoms in total. The van der Waals surface area contributed by atoms with Crippen molar-refractivity contribution in [3.8, 4) is 6.07 Å². The molecular weight excluding hydrogens is 390 g/mol. The third-order valence-electron chi connectivity index (χ3n) is 4.81. The van der Waals surface area contributed by atoms with E-state index in [2.05, 4.69) is 11.1 Å². The van der Waals surface area contributed by atoms with Crippen molar-refractivity contribution in [2.24, 2.45) is 0 Å². The number of halogens is 1. The Morgan fingerprint density at radius 2 is 2.00 bits per heavy atom. The van der Waals surface area contributed by atoms with Gasteiger partial charge in [-0.1, -0.05) is 31.5 Å². The number of hydrogen-bond acceptors (Lipinski definition) is 4. The van der Waals surface area contributed by atoms with E-state index in [1.165, 1.54) is 0 Å². The maximum Gasteiger partial charge on any atom is 0.414 e. The maximum atomic E-state index is 12.8. The number of anilines is 1. The average Bonchev–Trinajstić information content (AvgIpc) is 2.86. The van der Waals surface area contributed by atoms with Crippen molar-refractivity contribution in [1.82, 2.24) is 4.98 Å². The number of amides is 1. The van der Waals surface area contributed by atoms with Crippen molar-refractivity contribution in [2.75, 3.05) is 11.4 Å². The molecule has 0 radical (unpaired) electrons. The van der Waals surface area contributed by atoms with Crippen LogP contribution >= 0.6 is 11.6 Å². The van der Waals surface area contributed by atoms with E-state index in [1.54, 1.807) is 29.2 Å². The Morgan fingerprint density at radius 1 is 1.31 bits per heavy atom. The minimum atomic E-state index is -0.625. The highest BCUT2D eigenvalue weighted by Gasteiger charge is 2.41. The number of carbonyl (C=O) groups is 1. The van der Waals surface area contributed by atoms with Crippen LogP contribution in [0.1, 0.15) is 57.0 Å². The van der Waals surface area contributed by atoms with Crippen molar-refractivity contribution in [2.45, 2.75) is 52.1 Å². The van der Waals surface area contributed by atoms with Crippen molar-refractivity contribution < 1.29 is 9.53 Å². The number of rotatable bonds is 2. The summed E-state index contributed by atoms with van der Waals surface area (Å²) in [7, 11) is 0. The van der Waals surface area contributed by atoms with Crippen molar-refractivity contribution in [3.63, 3.8) is 0 Å². The van der Waals surface area contributed by atoms with E-state index in [4.69, 9.17) is 16.3 Å². The first-order valence-electron chi connectivity index (χ1n) is 9.37. The Bertz CT molecular complexity index is 1070. The fourth-order valence-corrected chi connectivity index (χ4v) is 3.64. The van der Waals surface area contributed by atoms with Crippen LogP contribution in [0.3, 0.4) is 0 Å². The van der Waals surface area contributed by atoms with Gasteiger partial charge in [-0.2, -0.15) is 5.26 Å². The molecule has 0 saturated carbocycles. The second kappa shape index (κ2) is 7.23. The van der Waals surface area contributed by atoms with Crippen LogP contribution in [0.15, 0.2) is 29.1 Å². The molecule has 0 bridgehead atoms. The SMILES string of the molecule is CC(C)(C)OC(=O)N1CC(C)(C)c2[nH]c(=O)c(Cc3ccc(Cl)cc3C#N)cc21. The van der Waals surface area contributed by atoms with Crippen LogP contribution in [0.2, 0.25) is 5.02 Å². The lowest BCUT2D eigenvalue weighted by Gasteiger charge is -2.25. The molecule has 152 valence electrons. The molecule has 1 aliphatic rings. The van der Waals surface area contributed by atoms with Crippen LogP contribution in [0.5, 0.6) is 0 Å². The van der Waals surface area contributed by atoms with Gasteiger partial charge in [-0.15, -0.1) is 0 Å². The van der Waals surface area contributed by atoms with Gasteiger partial charge >= 0.3 is 6.09 Å². The molecule has 1 aromatic heterocycles. The van der Waals surface area contributed by atoms with E-state index < -0.39 is 17.1 Å². The van der Waals surface area contributed by atoms with Crippen LogP contribution in [-0.4, -0.2) is 23.2 Å². The summed E-state index contributed by atoms with van der Waals surface area (Å²) in [6, 6.07) is 8.84. The quantitative estimate of drug-likeness (QED) is 0.783. The third-order valence-corrected chi connectivity index (χ3v) is 5.04. The van der Waals surface area contributed by atoms with Gasteiger partial charge in [0.2, 0.25) is 0 Å². The fourth-order valence-electron chi connectivity index (χ4n) is 3.47. The molecule has 0 saturated heterocycles. The Kier molecular flexibility index (Phi) is 5.22. The molecule has 1 amide bonds. The molecule has 0 unspecified atom stereocenters. The molecule has 0 spiro atoms. The van der Waals surface area contributed by atoms with Crippen molar-refractivity contribution in [1.29, 1.82) is 5.26 Å². The van der Waals surface area contributed by atoms with Gasteiger partial charge in [0, 0.05) is 34.7 Å². The first kappa shape index (κ1) is 20.9. The van der Waals surface area contributed by atoms with Gasteiger partial charge < -0.3 is 9.72 Å². The van der Waals surface area contributed by atoms with Crippen molar-refractivity contribution in [3.05, 3.63) is 62.0 Å². The molecule has 1 N–H and O–H groups in total. The number of aromatic nitrogens is 1. The zero-order valence-corrected chi connectivity index (χ0v) is 18.0. The minimum absolute atomic E-state index is 0.235. The summed E-state index contributed by atoms with van der Waals surface area (Å²) in [6.07, 6.45) is -0.197. The summed E-state index contributed by atoms with van der Waals surface area (Å²) < 4.78 is 5.55. The van der Waals surface area contributed by atoms with Gasteiger partial charge in [-0.3, -0.25) is 9.69 Å². The molecule has 0 atom stereocenters. The molecule has 29 heavy (non-hydrogen) atoms. The standard InChI is InChI=1S/C22H24ClN3O3/c1-21(2,3)29-20(28)26-12-22(4,5)18-17(26)10-14(19(27)25-18)8-13-6-7-16(23)9-15(13)11-24/h6-7,9-10H,8,12H2,1-5H3,(H,25,27). The van der Waals surface area contributed by atoms with E-state index in [0.29, 0.717) is 39.6 Å². The van der Waals surface area contributed by atoms with Gasteiger partial charge in [0.25, 0.3) is 5.56 Å². The number of carbonyl (C=O) groups excluding carboxylic acids is 1. The monoisotopic (exact) mass is 413 g/mol. The number of ether oxygens (including phenoxy) is 1. The summed E-state index contributed by atoms with van der Waals surface area (Å²) in [5.41, 5.74) is 1.64. The Labute approximate surface area is 175 Å². The number of nitrogens with one attached hydrogen (secondary N) is 1. The van der Waals surface area contributed by atoms with E-state index in [-0.39, 0.29) is 12.0 Å². The highest BCUT2D eigenvalue weighted by atomic mass is 35.5. The van der Waals surface area contributed by atoms with Crippen LogP contribution in [0.4, 0.5) is 10.5 Å². The topological polar surface area (TPSA) is 86.2 Å². The number of fused-ring (bicyclic) bond motifs is 1. The molecular formula is C22H24ClN3O3. The third kappa shape index (κ3) is 4.30. The Balaban J connectivity index is 2.04. The molecule has 7 heteroatoms. The lowest BCUT2D eigenvalue weighted by atomic mass is 9.91. The summed E-state index contributed by atoms with van der Waals surface area (Å²) in [5, 5.41) is 9.84. The summed E-state index contributed by atoms with van der Waals surface area (Å²) >= 11 is 5.97. The van der Waals surface area contributed by atoms with Gasteiger partial charge in [0.15, 0.2) is 0 Å². The maximum absolute atomic E-state index is 12.8. The predicted octanol–water partition coefficient (Wildman–Crippen LogP) is 4.52. The summed E-state index contributed by atoms with van der Waals surface area (Å²) in [6.45, 7) is 9.79. The molecule has 1 aliphatic heterocycles. The normalized spacial score (nSPS) is 15.0. The zero-order chi connectivity index (χ0) is 21.6. The van der Waals surface area contributed by atoms with Crippen LogP contribution < -0.4 is 10.5 Å². The predicted molar refractivity (Wildman–Crippen MR) is 113 cm³/mol. The summed E-state index contributed by atoms with van der Waals surface area (Å²) in [5.74, 6) is 0. The average molecular weight is 414 g/mol. The van der Waals surface area contributed by atoms with E-state index in [0.717, 1.165) is 0 Å². The fraction of sp³-hybridized carbons (Fsp3) is 0.409. The molecule has 2 heterocycles. The Morgan fingerprint density at radius 3 is 2.62 bits per heavy atom. The molecule has 1 aromatic carbocycles. The van der Waals surface area contributed by atoms with Gasteiger partial charge in [0.1, 0.15) is 5.60 Å². The van der Waals surface area contributed by atoms with Crippen LogP contribution in [0.25, 0.3) is 0 Å². The second-order valence-electron chi connectivity index (χ2n) is 8.92. The second-order valence-corrected chi connectivity index (χ2v) is 9.36. The van der Waals surface area contributed by atoms with E-state index >= 15 is 0 Å². The first-order chi connectivity index (χ1) is 13.4. The lowest BCUT2D eigenvalue weighted by Crippen LogP contribution is -2.38. The first-order valence-corrected chi connectivity index (χ1v) is 9.75. The Hall–Kier alpha value is -2.78. The number of pyridine rings is 1. The molecule has 0 fully saturated rings. The smallest absolute Gasteiger partial charge is 0.414 e. The number of H-pyrrole nitrogens is 1. The molecule has 3 rings (SSSR count). The zero-order valence-electron chi connectivity index (χ0n) is 17.2. The van der Waals surface area contributed by atoms with Gasteiger partial charge in [-0.25, -0.2) is 4.79 Å². The van der Waals surface area contributed by atoms with Gasteiger partial charge in [-0.05, 0) is 44.5 Å². The number of hydrogen-bond donors (Lipinski definition) is 1. The minimum Gasteiger partial charge on any atom is -0.443 e. The van der Waals surface area contributed by atoms with Crippen LogP contribution in [0, 0.1) is 11.3 Å². The van der Waals surface area contributed by atoms with Gasteiger partial charge in [0.05, 0.1) is 17.3 Å². The molecule has 0 aliphatic carbocycles. The number of aromatic amines is 1. The largest absolute Gasteiger partial charge is 0.443 e. The number of benzene rings is 1. The highest BCUT2D eigenvalue weighted by Crippen LogP contribution is 2.39. The number of nitriles is 1. The number of nitrogens with zero attached hydrogens (tertiary/aromatic N) is 2. The highest BCUT2D eigenvalue weighted by molar-refractivity contribution is 6.30. The summed E-state index contributed by atoms with van der Waals surface area (Å²) in [4.78, 5) is 30.0. The van der Waals surface area contributed by atoms with Crippen molar-refractivity contribution >= 4 is 23.4 Å². The van der Waals surface area contributed by atoms with E-state index in [1.807, 2.05) is 34.6 Å². The van der Waals surface area contributed by atoms with Crippen LogP contribution in [-0.2, 0) is 16.6 Å². The molecule has 2 aromatic rings. The lowest BCUT2D eigenvalue weighted by molar-refractivity contribution is 0.0579. The van der Waals surface area contributed by atoms with E-state index in [9.17, 15) is 14.9 Å².